The smallest absolute Gasteiger partial charge is 0.290 e. The normalized spacial score (nSPS) is 15.7. The summed E-state index contributed by atoms with van der Waals surface area (Å²) in [6.07, 6.45) is 1.50. The number of rotatable bonds is 7. The lowest BCUT2D eigenvalue weighted by atomic mass is 9.94. The number of benzene rings is 2. The molecule has 0 spiro atoms. The highest BCUT2D eigenvalue weighted by atomic mass is 35.5. The van der Waals surface area contributed by atoms with Crippen LogP contribution in [0.5, 0.6) is 5.75 Å². The molecule has 0 fully saturated rings. The van der Waals surface area contributed by atoms with E-state index in [1.54, 1.807) is 24.3 Å². The number of amides is 1. The molecular weight excluding hydrogens is 484 g/mol. The molecule has 36 heavy (non-hydrogen) atoms. The fourth-order valence-corrected chi connectivity index (χ4v) is 4.62. The molecular formula is C27H23ClN2O6. The van der Waals surface area contributed by atoms with Gasteiger partial charge in [0, 0.05) is 36.3 Å². The third kappa shape index (κ3) is 3.99. The highest BCUT2D eigenvalue weighted by Crippen LogP contribution is 2.41. The summed E-state index contributed by atoms with van der Waals surface area (Å²) in [7, 11) is 5.30. The van der Waals surface area contributed by atoms with Crippen LogP contribution in [0.4, 0.5) is 5.69 Å². The first kappa shape index (κ1) is 23.6. The fraction of sp³-hybridized carbons (Fsp3) is 0.185. The van der Waals surface area contributed by atoms with Gasteiger partial charge in [-0.05, 0) is 42.0 Å². The van der Waals surface area contributed by atoms with Crippen LogP contribution in [0, 0.1) is 0 Å². The maximum Gasteiger partial charge on any atom is 0.290 e. The number of carbonyl (C=O) groups excluding carboxylic acids is 2. The Balaban J connectivity index is 1.61. The summed E-state index contributed by atoms with van der Waals surface area (Å²) in [5.74, 6) is -1.07. The Hall–Kier alpha value is -4.17. The molecule has 9 heteroatoms. The SMILES string of the molecule is COc1cc(Cl)cc2cc(C(=O)C3=C(O)C(=O)N(Cc4ccco4)C3c3ccc(N(C)C)cc3)oc12. The van der Waals surface area contributed by atoms with Crippen LogP contribution < -0.4 is 9.64 Å². The summed E-state index contributed by atoms with van der Waals surface area (Å²) >= 11 is 6.17. The summed E-state index contributed by atoms with van der Waals surface area (Å²) < 4.78 is 16.6. The topological polar surface area (TPSA) is 96.4 Å². The largest absolute Gasteiger partial charge is 0.503 e. The van der Waals surface area contributed by atoms with Crippen molar-refractivity contribution in [3.63, 3.8) is 0 Å². The maximum atomic E-state index is 13.8. The van der Waals surface area contributed by atoms with Gasteiger partial charge in [0.25, 0.3) is 5.91 Å². The van der Waals surface area contributed by atoms with Gasteiger partial charge in [-0.3, -0.25) is 9.59 Å². The Labute approximate surface area is 211 Å². The molecule has 8 nitrogen and oxygen atoms in total. The summed E-state index contributed by atoms with van der Waals surface area (Å²) in [5.41, 5.74) is 1.87. The van der Waals surface area contributed by atoms with Gasteiger partial charge in [-0.2, -0.15) is 0 Å². The van der Waals surface area contributed by atoms with Crippen molar-refractivity contribution in [2.45, 2.75) is 12.6 Å². The van der Waals surface area contributed by atoms with Gasteiger partial charge in [0.05, 0.1) is 31.5 Å². The van der Waals surface area contributed by atoms with Crippen molar-refractivity contribution in [2.24, 2.45) is 0 Å². The van der Waals surface area contributed by atoms with E-state index >= 15 is 0 Å². The number of ketones is 1. The van der Waals surface area contributed by atoms with Crippen molar-refractivity contribution in [3.8, 4) is 5.75 Å². The van der Waals surface area contributed by atoms with Crippen LogP contribution in [-0.2, 0) is 11.3 Å². The number of aliphatic hydroxyl groups is 1. The lowest BCUT2D eigenvalue weighted by Crippen LogP contribution is -2.30. The van der Waals surface area contributed by atoms with Gasteiger partial charge in [0.2, 0.25) is 5.78 Å². The first-order valence-electron chi connectivity index (χ1n) is 11.1. The average Bonchev–Trinajstić information content (AvgIpc) is 3.59. The number of aliphatic hydroxyl groups excluding tert-OH is 1. The average molecular weight is 507 g/mol. The number of furan rings is 2. The van der Waals surface area contributed by atoms with Gasteiger partial charge < -0.3 is 28.5 Å². The minimum atomic E-state index is -0.856. The zero-order valence-electron chi connectivity index (χ0n) is 19.8. The highest BCUT2D eigenvalue weighted by molar-refractivity contribution is 6.31. The van der Waals surface area contributed by atoms with Gasteiger partial charge in [-0.25, -0.2) is 0 Å². The molecule has 4 aromatic rings. The van der Waals surface area contributed by atoms with E-state index in [9.17, 15) is 14.7 Å². The Morgan fingerprint density at radius 2 is 1.92 bits per heavy atom. The number of hydrogen-bond acceptors (Lipinski definition) is 7. The third-order valence-corrected chi connectivity index (χ3v) is 6.39. The molecule has 1 aliphatic heterocycles. The molecule has 2 aromatic heterocycles. The van der Waals surface area contributed by atoms with Gasteiger partial charge >= 0.3 is 0 Å². The Bertz CT molecular complexity index is 1480. The molecule has 184 valence electrons. The van der Waals surface area contributed by atoms with Crippen LogP contribution in [0.1, 0.15) is 27.9 Å². The molecule has 1 atom stereocenters. The Kier molecular flexibility index (Phi) is 5.97. The number of methoxy groups -OCH3 is 1. The Morgan fingerprint density at radius 1 is 1.17 bits per heavy atom. The van der Waals surface area contributed by atoms with E-state index in [1.807, 2.05) is 43.3 Å². The first-order chi connectivity index (χ1) is 17.3. The third-order valence-electron chi connectivity index (χ3n) is 6.17. The second-order valence-corrected chi connectivity index (χ2v) is 9.07. The minimum absolute atomic E-state index is 0.0466. The number of hydrogen-bond donors (Lipinski definition) is 1. The van der Waals surface area contributed by atoms with Gasteiger partial charge in [-0.1, -0.05) is 23.7 Å². The molecule has 1 aliphatic rings. The van der Waals surface area contributed by atoms with E-state index < -0.39 is 23.5 Å². The quantitative estimate of drug-likeness (QED) is 0.329. The van der Waals surface area contributed by atoms with E-state index in [2.05, 4.69) is 0 Å². The lowest BCUT2D eigenvalue weighted by Gasteiger charge is -2.26. The van der Waals surface area contributed by atoms with E-state index in [0.29, 0.717) is 33.1 Å². The van der Waals surface area contributed by atoms with Crippen LogP contribution in [0.25, 0.3) is 11.0 Å². The van der Waals surface area contributed by atoms with E-state index in [-0.39, 0.29) is 17.9 Å². The van der Waals surface area contributed by atoms with Gasteiger partial charge in [-0.15, -0.1) is 0 Å². The zero-order chi connectivity index (χ0) is 25.6. The molecule has 0 aliphatic carbocycles. The second kappa shape index (κ2) is 9.13. The number of carbonyl (C=O) groups is 2. The molecule has 1 amide bonds. The van der Waals surface area contributed by atoms with Crippen LogP contribution in [-0.4, -0.2) is 42.9 Å². The molecule has 5 rings (SSSR count). The predicted octanol–water partition coefficient (Wildman–Crippen LogP) is 5.53. The number of anilines is 1. The maximum absolute atomic E-state index is 13.8. The molecule has 0 radical (unpaired) electrons. The number of Topliss-reactive ketones (excluding diaryl/α,β-unsaturated/α-hetero) is 1. The molecule has 0 bridgehead atoms. The molecule has 1 unspecified atom stereocenters. The molecule has 0 saturated carbocycles. The van der Waals surface area contributed by atoms with Crippen LogP contribution in [0.3, 0.4) is 0 Å². The number of fused-ring (bicyclic) bond motifs is 1. The lowest BCUT2D eigenvalue weighted by molar-refractivity contribution is -0.130. The van der Waals surface area contributed by atoms with Gasteiger partial charge in [0.1, 0.15) is 5.76 Å². The minimum Gasteiger partial charge on any atom is -0.503 e. The van der Waals surface area contributed by atoms with E-state index in [0.717, 1.165) is 5.69 Å². The molecule has 1 N–H and O–H groups in total. The summed E-state index contributed by atoms with van der Waals surface area (Å²) in [4.78, 5) is 30.3. The number of ether oxygens (including phenoxy) is 1. The summed E-state index contributed by atoms with van der Waals surface area (Å²) in [6, 6.07) is 14.8. The van der Waals surface area contributed by atoms with Crippen molar-refractivity contribution in [3.05, 3.63) is 94.3 Å². The first-order valence-corrected chi connectivity index (χ1v) is 11.5. The van der Waals surface area contributed by atoms with E-state index in [4.69, 9.17) is 25.2 Å². The van der Waals surface area contributed by atoms with Crippen LogP contribution in [0.15, 0.2) is 81.0 Å². The van der Waals surface area contributed by atoms with Gasteiger partial charge in [0.15, 0.2) is 22.9 Å². The summed E-state index contributed by atoms with van der Waals surface area (Å²) in [5, 5.41) is 11.9. The Morgan fingerprint density at radius 3 is 2.56 bits per heavy atom. The van der Waals surface area contributed by atoms with Crippen LogP contribution >= 0.6 is 11.6 Å². The second-order valence-electron chi connectivity index (χ2n) is 8.63. The fourth-order valence-electron chi connectivity index (χ4n) is 4.40. The predicted molar refractivity (Wildman–Crippen MR) is 135 cm³/mol. The summed E-state index contributed by atoms with van der Waals surface area (Å²) in [6.45, 7) is 0.0658. The van der Waals surface area contributed by atoms with Crippen molar-refractivity contribution < 1.29 is 28.3 Å². The van der Waals surface area contributed by atoms with Crippen molar-refractivity contribution >= 4 is 39.9 Å². The highest BCUT2D eigenvalue weighted by Gasteiger charge is 2.45. The zero-order valence-corrected chi connectivity index (χ0v) is 20.6. The van der Waals surface area contributed by atoms with Crippen molar-refractivity contribution in [2.75, 3.05) is 26.1 Å². The molecule has 3 heterocycles. The van der Waals surface area contributed by atoms with Crippen LogP contribution in [0.2, 0.25) is 5.02 Å². The number of nitrogens with zero attached hydrogens (tertiary/aromatic N) is 2. The standard InChI is InChI=1S/C27H23ClN2O6/c1-29(2)18-8-6-15(7-9-18)23-22(25(32)27(33)30(23)14-19-5-4-10-35-19)24(31)20-12-16-11-17(28)13-21(34-3)26(16)36-20/h4-13,23,32H,14H2,1-3H3. The van der Waals surface area contributed by atoms with E-state index in [1.165, 1.54) is 24.3 Å². The number of halogens is 1. The van der Waals surface area contributed by atoms with Crippen molar-refractivity contribution in [1.29, 1.82) is 0 Å². The van der Waals surface area contributed by atoms with Crippen molar-refractivity contribution in [1.82, 2.24) is 4.90 Å². The molecule has 0 saturated heterocycles. The monoisotopic (exact) mass is 506 g/mol. The molecule has 2 aromatic carbocycles.